The van der Waals surface area contributed by atoms with Crippen molar-refractivity contribution in [3.63, 3.8) is 0 Å². The molecule has 0 N–H and O–H groups in total. The van der Waals surface area contributed by atoms with E-state index in [9.17, 15) is 8.42 Å². The van der Waals surface area contributed by atoms with Gasteiger partial charge in [-0.3, -0.25) is 0 Å². The van der Waals surface area contributed by atoms with E-state index in [0.29, 0.717) is 13.1 Å². The minimum absolute atomic E-state index is 0.100. The quantitative estimate of drug-likeness (QED) is 0.832. The van der Waals surface area contributed by atoms with Crippen molar-refractivity contribution in [1.29, 1.82) is 0 Å². The van der Waals surface area contributed by atoms with E-state index in [2.05, 4.69) is 4.98 Å². The van der Waals surface area contributed by atoms with Crippen LogP contribution in [0, 0.1) is 0 Å². The first-order valence-corrected chi connectivity index (χ1v) is 7.80. The van der Waals surface area contributed by atoms with Crippen molar-refractivity contribution in [1.82, 2.24) is 9.29 Å². The maximum absolute atomic E-state index is 12.3. The van der Waals surface area contributed by atoms with E-state index in [1.807, 2.05) is 13.8 Å². The lowest BCUT2D eigenvalue weighted by atomic mass is 10.3. The molecule has 8 heteroatoms. The summed E-state index contributed by atoms with van der Waals surface area (Å²) in [6.45, 7) is 4.44. The van der Waals surface area contributed by atoms with Gasteiger partial charge < -0.3 is 4.74 Å². The third kappa shape index (κ3) is 2.79. The first-order chi connectivity index (χ1) is 7.89. The number of sulfonamides is 1. The first-order valence-electron chi connectivity index (χ1n) is 5.16. The van der Waals surface area contributed by atoms with Crippen LogP contribution in [-0.2, 0) is 14.8 Å². The van der Waals surface area contributed by atoms with Crippen molar-refractivity contribution in [2.75, 3.05) is 13.1 Å². The van der Waals surface area contributed by atoms with Crippen LogP contribution in [0.1, 0.15) is 13.8 Å². The Hall–Kier alpha value is -0.210. The number of rotatable bonds is 2. The molecule has 2 heterocycles. The smallest absolute Gasteiger partial charge is 0.254 e. The van der Waals surface area contributed by atoms with Crippen molar-refractivity contribution < 1.29 is 13.2 Å². The molecule has 96 valence electrons. The van der Waals surface area contributed by atoms with Gasteiger partial charge in [-0.2, -0.15) is 4.31 Å². The molecular formula is C9H13ClN2O3S2. The molecule has 1 fully saturated rings. The zero-order valence-electron chi connectivity index (χ0n) is 9.46. The number of thiazole rings is 1. The highest BCUT2D eigenvalue weighted by Crippen LogP contribution is 2.27. The molecule has 0 unspecified atom stereocenters. The molecule has 0 bridgehead atoms. The van der Waals surface area contributed by atoms with Crippen molar-refractivity contribution >= 4 is 33.0 Å². The lowest BCUT2D eigenvalue weighted by Crippen LogP contribution is -2.47. The van der Waals surface area contributed by atoms with Crippen molar-refractivity contribution in [3.05, 3.63) is 10.7 Å². The second-order valence-electron chi connectivity index (χ2n) is 4.01. The zero-order valence-corrected chi connectivity index (χ0v) is 11.8. The average Bonchev–Trinajstić information content (AvgIpc) is 2.64. The summed E-state index contributed by atoms with van der Waals surface area (Å²) in [5.41, 5.74) is 0. The van der Waals surface area contributed by atoms with E-state index in [-0.39, 0.29) is 20.9 Å². The van der Waals surface area contributed by atoms with Gasteiger partial charge in [0, 0.05) is 13.1 Å². The summed E-state index contributed by atoms with van der Waals surface area (Å²) < 4.78 is 31.9. The Morgan fingerprint density at radius 3 is 2.53 bits per heavy atom. The highest BCUT2D eigenvalue weighted by molar-refractivity contribution is 7.91. The van der Waals surface area contributed by atoms with E-state index in [4.69, 9.17) is 16.3 Å². The molecule has 1 aliphatic rings. The lowest BCUT2D eigenvalue weighted by Gasteiger charge is -2.33. The van der Waals surface area contributed by atoms with E-state index in [1.165, 1.54) is 10.5 Å². The third-order valence-corrected chi connectivity index (χ3v) is 5.82. The largest absolute Gasteiger partial charge is 0.373 e. The molecule has 0 saturated carbocycles. The predicted molar refractivity (Wildman–Crippen MR) is 65.9 cm³/mol. The van der Waals surface area contributed by atoms with Crippen molar-refractivity contribution in [3.8, 4) is 0 Å². The Kier molecular flexibility index (Phi) is 3.74. The number of nitrogens with zero attached hydrogens (tertiary/aromatic N) is 2. The highest BCUT2D eigenvalue weighted by Gasteiger charge is 2.33. The standard InChI is InChI=1S/C9H13ClN2O3S2/c1-6-4-12(5-7(2)15-6)17(13,14)8-3-11-9(10)16-8/h3,6-7H,4-5H2,1-2H3/t6-,7+. The molecular weight excluding hydrogens is 284 g/mol. The Balaban J connectivity index is 2.26. The SMILES string of the molecule is C[C@@H]1CN(S(=O)(=O)c2cnc(Cl)s2)C[C@H](C)O1. The van der Waals surface area contributed by atoms with Gasteiger partial charge in [0.1, 0.15) is 0 Å². The number of aromatic nitrogens is 1. The molecule has 5 nitrogen and oxygen atoms in total. The van der Waals surface area contributed by atoms with E-state index < -0.39 is 10.0 Å². The molecule has 1 aromatic rings. The first kappa shape index (κ1) is 13.2. The van der Waals surface area contributed by atoms with Crippen LogP contribution >= 0.6 is 22.9 Å². The molecule has 17 heavy (non-hydrogen) atoms. The van der Waals surface area contributed by atoms with Crippen LogP contribution in [0.15, 0.2) is 10.4 Å². The Morgan fingerprint density at radius 2 is 2.06 bits per heavy atom. The normalized spacial score (nSPS) is 27.2. The van der Waals surface area contributed by atoms with Gasteiger partial charge in [0.25, 0.3) is 10.0 Å². The zero-order chi connectivity index (χ0) is 12.6. The minimum atomic E-state index is -3.48. The van der Waals surface area contributed by atoms with E-state index >= 15 is 0 Å². The highest BCUT2D eigenvalue weighted by atomic mass is 35.5. The number of hydrogen-bond acceptors (Lipinski definition) is 5. The third-order valence-electron chi connectivity index (χ3n) is 2.44. The monoisotopic (exact) mass is 296 g/mol. The van der Waals surface area contributed by atoms with Gasteiger partial charge in [-0.15, -0.1) is 0 Å². The predicted octanol–water partition coefficient (Wildman–Crippen LogP) is 1.59. The summed E-state index contributed by atoms with van der Waals surface area (Å²) in [7, 11) is -3.48. The van der Waals surface area contributed by atoms with Crippen LogP contribution in [0.4, 0.5) is 0 Å². The summed E-state index contributed by atoms with van der Waals surface area (Å²) in [5.74, 6) is 0. The minimum Gasteiger partial charge on any atom is -0.373 e. The molecule has 1 aliphatic heterocycles. The van der Waals surface area contributed by atoms with Gasteiger partial charge in [-0.1, -0.05) is 22.9 Å². The van der Waals surface area contributed by atoms with E-state index in [0.717, 1.165) is 11.3 Å². The second-order valence-corrected chi connectivity index (χ2v) is 7.79. The van der Waals surface area contributed by atoms with E-state index in [1.54, 1.807) is 0 Å². The number of morpholine rings is 1. The number of ether oxygens (including phenoxy) is 1. The number of hydrogen-bond donors (Lipinski definition) is 0. The molecule has 2 atom stereocenters. The Bertz CT molecular complexity index is 492. The van der Waals surface area contributed by atoms with Crippen LogP contribution in [-0.4, -0.2) is 43.0 Å². The van der Waals surface area contributed by atoms with Gasteiger partial charge in [-0.05, 0) is 13.8 Å². The topological polar surface area (TPSA) is 59.5 Å². The fourth-order valence-electron chi connectivity index (χ4n) is 1.81. The maximum Gasteiger partial charge on any atom is 0.254 e. The van der Waals surface area contributed by atoms with Gasteiger partial charge in [0.15, 0.2) is 8.68 Å². The molecule has 1 saturated heterocycles. The summed E-state index contributed by atoms with van der Waals surface area (Å²) >= 11 is 6.64. The fourth-order valence-corrected chi connectivity index (χ4v) is 4.85. The van der Waals surface area contributed by atoms with Crippen LogP contribution in [0.2, 0.25) is 4.47 Å². The van der Waals surface area contributed by atoms with Crippen molar-refractivity contribution in [2.24, 2.45) is 0 Å². The number of halogens is 1. The molecule has 0 aromatic carbocycles. The van der Waals surface area contributed by atoms with Gasteiger partial charge >= 0.3 is 0 Å². The molecule has 0 aliphatic carbocycles. The molecule has 0 radical (unpaired) electrons. The summed E-state index contributed by atoms with van der Waals surface area (Å²) in [5, 5.41) is 0. The van der Waals surface area contributed by atoms with Crippen molar-refractivity contribution in [2.45, 2.75) is 30.3 Å². The molecule has 1 aromatic heterocycles. The summed E-state index contributed by atoms with van der Waals surface area (Å²) in [4.78, 5) is 3.76. The molecule has 0 amide bonds. The Labute approximate surface area is 109 Å². The average molecular weight is 297 g/mol. The van der Waals surface area contributed by atoms with Crippen LogP contribution in [0.5, 0.6) is 0 Å². The summed E-state index contributed by atoms with van der Waals surface area (Å²) in [6.07, 6.45) is 1.10. The molecule has 2 rings (SSSR count). The van der Waals surface area contributed by atoms with Crippen LogP contribution in [0.25, 0.3) is 0 Å². The van der Waals surface area contributed by atoms with Gasteiger partial charge in [-0.25, -0.2) is 13.4 Å². The second kappa shape index (κ2) is 4.81. The van der Waals surface area contributed by atoms with Crippen LogP contribution < -0.4 is 0 Å². The molecule has 0 spiro atoms. The fraction of sp³-hybridized carbons (Fsp3) is 0.667. The van der Waals surface area contributed by atoms with Gasteiger partial charge in [0.05, 0.1) is 18.4 Å². The maximum atomic E-state index is 12.3. The van der Waals surface area contributed by atoms with Crippen LogP contribution in [0.3, 0.4) is 0 Å². The Morgan fingerprint density at radius 1 is 1.47 bits per heavy atom. The van der Waals surface area contributed by atoms with Gasteiger partial charge in [0.2, 0.25) is 0 Å². The lowest BCUT2D eigenvalue weighted by molar-refractivity contribution is -0.0440. The summed E-state index contributed by atoms with van der Waals surface area (Å²) in [6, 6.07) is 0.